The van der Waals surface area contributed by atoms with Crippen molar-refractivity contribution in [1.82, 2.24) is 9.47 Å². The third kappa shape index (κ3) is 2.64. The minimum absolute atomic E-state index is 0.257. The number of amides is 2. The van der Waals surface area contributed by atoms with E-state index in [1.165, 1.54) is 16.0 Å². The second-order valence-corrected chi connectivity index (χ2v) is 8.74. The third-order valence-corrected chi connectivity index (χ3v) is 6.70. The van der Waals surface area contributed by atoms with E-state index in [-0.39, 0.29) is 11.8 Å². The minimum Gasteiger partial charge on any atom is -0.308 e. The topological polar surface area (TPSA) is 42.3 Å². The van der Waals surface area contributed by atoms with Crippen molar-refractivity contribution in [2.45, 2.75) is 13.8 Å². The number of imide groups is 1. The van der Waals surface area contributed by atoms with Gasteiger partial charge in [0.05, 0.1) is 27.8 Å². The van der Waals surface area contributed by atoms with E-state index in [1.807, 2.05) is 24.3 Å². The number of benzene rings is 4. The van der Waals surface area contributed by atoms with Gasteiger partial charge in [-0.1, -0.05) is 66.2 Å². The maximum absolute atomic E-state index is 13.1. The van der Waals surface area contributed by atoms with Crippen LogP contribution in [0.4, 0.5) is 0 Å². The van der Waals surface area contributed by atoms with E-state index in [1.54, 1.807) is 13.1 Å². The number of carbonyl (C=O) groups is 2. The van der Waals surface area contributed by atoms with Crippen molar-refractivity contribution < 1.29 is 9.59 Å². The van der Waals surface area contributed by atoms with Gasteiger partial charge in [-0.15, -0.1) is 0 Å². The molecule has 33 heavy (non-hydrogen) atoms. The van der Waals surface area contributed by atoms with Crippen LogP contribution in [0.3, 0.4) is 0 Å². The Bertz CT molecular complexity index is 1640. The summed E-state index contributed by atoms with van der Waals surface area (Å²) in [4.78, 5) is 27.1. The predicted molar refractivity (Wildman–Crippen MR) is 132 cm³/mol. The van der Waals surface area contributed by atoms with E-state index in [4.69, 9.17) is 0 Å². The van der Waals surface area contributed by atoms with Crippen LogP contribution >= 0.6 is 0 Å². The number of aromatic nitrogens is 1. The average molecular weight is 431 g/mol. The van der Waals surface area contributed by atoms with Gasteiger partial charge in [0.15, 0.2) is 0 Å². The zero-order valence-electron chi connectivity index (χ0n) is 18.7. The number of para-hydroxylation sites is 2. The normalized spacial score (nSPS) is 13.4. The van der Waals surface area contributed by atoms with Gasteiger partial charge in [0.1, 0.15) is 0 Å². The predicted octanol–water partition coefficient (Wildman–Crippen LogP) is 6.29. The first-order valence-corrected chi connectivity index (χ1v) is 11.0. The van der Waals surface area contributed by atoms with Crippen LogP contribution in [-0.2, 0) is 0 Å². The van der Waals surface area contributed by atoms with Crippen LogP contribution in [0.2, 0.25) is 0 Å². The number of nitrogens with zero attached hydrogens (tertiary/aromatic N) is 2. The maximum atomic E-state index is 13.1. The average Bonchev–Trinajstić information content (AvgIpc) is 3.27. The highest BCUT2D eigenvalue weighted by molar-refractivity contribution is 6.23. The summed E-state index contributed by atoms with van der Waals surface area (Å²) in [5.74, 6) is -0.521. The molecule has 2 heterocycles. The molecule has 0 fully saturated rings. The van der Waals surface area contributed by atoms with Crippen molar-refractivity contribution >= 4 is 33.6 Å². The number of fused-ring (bicyclic) bond motifs is 4. The van der Waals surface area contributed by atoms with E-state index in [0.29, 0.717) is 11.1 Å². The Morgan fingerprint density at radius 3 is 2.21 bits per heavy atom. The molecule has 4 heteroatoms. The Labute approximate surface area is 191 Å². The number of hydrogen-bond acceptors (Lipinski definition) is 2. The first kappa shape index (κ1) is 19.5. The highest BCUT2D eigenvalue weighted by atomic mass is 16.2. The molecule has 4 nitrogen and oxygen atoms in total. The molecule has 0 unspecified atom stereocenters. The zero-order valence-corrected chi connectivity index (χ0v) is 18.7. The molecule has 0 spiro atoms. The summed E-state index contributed by atoms with van der Waals surface area (Å²) in [6, 6.07) is 26.6. The summed E-state index contributed by atoms with van der Waals surface area (Å²) in [5, 5.41) is 2.23. The molecule has 5 aromatic rings. The molecule has 2 amide bonds. The Balaban J connectivity index is 1.80. The summed E-state index contributed by atoms with van der Waals surface area (Å²) >= 11 is 0. The van der Waals surface area contributed by atoms with Gasteiger partial charge < -0.3 is 4.57 Å². The lowest BCUT2D eigenvalue weighted by atomic mass is 9.96. The molecular weight excluding hydrogens is 408 g/mol. The van der Waals surface area contributed by atoms with Gasteiger partial charge in [0, 0.05) is 23.4 Å². The van der Waals surface area contributed by atoms with Crippen molar-refractivity contribution in [3.05, 3.63) is 101 Å². The van der Waals surface area contributed by atoms with Crippen molar-refractivity contribution in [3.63, 3.8) is 0 Å². The smallest absolute Gasteiger partial charge is 0.263 e. The Morgan fingerprint density at radius 1 is 0.667 bits per heavy atom. The first-order valence-electron chi connectivity index (χ1n) is 11.0. The van der Waals surface area contributed by atoms with E-state index in [9.17, 15) is 9.59 Å². The van der Waals surface area contributed by atoms with E-state index < -0.39 is 0 Å². The molecule has 0 radical (unpaired) electrons. The monoisotopic (exact) mass is 430 g/mol. The first-order chi connectivity index (χ1) is 16.0. The quantitative estimate of drug-likeness (QED) is 0.309. The molecule has 4 aromatic carbocycles. The highest BCUT2D eigenvalue weighted by Crippen LogP contribution is 2.40. The second-order valence-electron chi connectivity index (χ2n) is 8.74. The summed E-state index contributed by atoms with van der Waals surface area (Å²) in [6.07, 6.45) is 0. The van der Waals surface area contributed by atoms with Crippen molar-refractivity contribution in [2.75, 3.05) is 7.05 Å². The van der Waals surface area contributed by atoms with Gasteiger partial charge in [-0.3, -0.25) is 14.5 Å². The fourth-order valence-electron chi connectivity index (χ4n) is 5.17. The molecule has 1 aromatic heterocycles. The number of hydrogen-bond donors (Lipinski definition) is 0. The largest absolute Gasteiger partial charge is 0.308 e. The second kappa shape index (κ2) is 6.91. The standard InChI is InChI=1S/C29H22N2O2/c1-17-14-15-19(18(2)16-17)21-9-6-10-22-20-8-4-5-12-24(20)31(27(21)22)25-13-7-11-23-26(25)29(33)30(3)28(23)32/h4-16H,1-3H3. The van der Waals surface area contributed by atoms with Gasteiger partial charge in [-0.2, -0.15) is 0 Å². The van der Waals surface area contributed by atoms with Gasteiger partial charge in [0.25, 0.3) is 11.8 Å². The van der Waals surface area contributed by atoms with Crippen LogP contribution in [0, 0.1) is 13.8 Å². The Kier molecular flexibility index (Phi) is 4.08. The van der Waals surface area contributed by atoms with Crippen LogP contribution in [0.5, 0.6) is 0 Å². The van der Waals surface area contributed by atoms with Crippen LogP contribution < -0.4 is 0 Å². The van der Waals surface area contributed by atoms with Crippen molar-refractivity contribution in [2.24, 2.45) is 0 Å². The fourth-order valence-corrected chi connectivity index (χ4v) is 5.17. The highest BCUT2D eigenvalue weighted by Gasteiger charge is 2.36. The van der Waals surface area contributed by atoms with Crippen LogP contribution in [0.1, 0.15) is 31.8 Å². The molecule has 0 saturated carbocycles. The molecule has 1 aliphatic heterocycles. The molecule has 0 aliphatic carbocycles. The SMILES string of the molecule is Cc1ccc(-c2cccc3c4ccccc4n(-c4cccc5c4C(=O)N(C)C5=O)c23)c(C)c1. The summed E-state index contributed by atoms with van der Waals surface area (Å²) < 4.78 is 2.16. The molecule has 6 rings (SSSR count). The maximum Gasteiger partial charge on any atom is 0.263 e. The van der Waals surface area contributed by atoms with Crippen LogP contribution in [-0.4, -0.2) is 28.3 Å². The molecule has 0 bridgehead atoms. The lowest BCUT2D eigenvalue weighted by Crippen LogP contribution is -2.24. The molecule has 0 N–H and O–H groups in total. The number of aryl methyl sites for hydroxylation is 2. The van der Waals surface area contributed by atoms with Gasteiger partial charge in [0.2, 0.25) is 0 Å². The molecular formula is C29H22N2O2. The summed E-state index contributed by atoms with van der Waals surface area (Å²) in [5.41, 5.74) is 8.37. The van der Waals surface area contributed by atoms with Gasteiger partial charge >= 0.3 is 0 Å². The minimum atomic E-state index is -0.263. The van der Waals surface area contributed by atoms with Gasteiger partial charge in [-0.05, 0) is 43.2 Å². The lowest BCUT2D eigenvalue weighted by Gasteiger charge is -2.15. The van der Waals surface area contributed by atoms with E-state index >= 15 is 0 Å². The van der Waals surface area contributed by atoms with E-state index in [2.05, 4.69) is 66.9 Å². The lowest BCUT2D eigenvalue weighted by molar-refractivity contribution is 0.0693. The van der Waals surface area contributed by atoms with E-state index in [0.717, 1.165) is 38.6 Å². The summed E-state index contributed by atoms with van der Waals surface area (Å²) in [6.45, 7) is 4.23. The Hall–Kier alpha value is -4.18. The van der Waals surface area contributed by atoms with Crippen molar-refractivity contribution in [3.8, 4) is 16.8 Å². The van der Waals surface area contributed by atoms with Gasteiger partial charge in [-0.25, -0.2) is 0 Å². The number of rotatable bonds is 2. The molecule has 0 saturated heterocycles. The molecule has 0 atom stereocenters. The van der Waals surface area contributed by atoms with Crippen LogP contribution in [0.25, 0.3) is 38.6 Å². The molecule has 160 valence electrons. The van der Waals surface area contributed by atoms with Crippen molar-refractivity contribution in [1.29, 1.82) is 0 Å². The molecule has 1 aliphatic rings. The van der Waals surface area contributed by atoms with Crippen LogP contribution in [0.15, 0.2) is 78.9 Å². The fraction of sp³-hybridized carbons (Fsp3) is 0.103. The summed E-state index contributed by atoms with van der Waals surface area (Å²) in [7, 11) is 1.54. The zero-order chi connectivity index (χ0) is 22.9. The number of carbonyl (C=O) groups excluding carboxylic acids is 2. The Morgan fingerprint density at radius 2 is 1.39 bits per heavy atom. The third-order valence-electron chi connectivity index (χ3n) is 6.70.